The van der Waals surface area contributed by atoms with Crippen molar-refractivity contribution in [3.8, 4) is 0 Å². The van der Waals surface area contributed by atoms with E-state index in [1.807, 2.05) is 0 Å². The maximum atomic E-state index is 12.7. The minimum atomic E-state index is -0.379. The average Bonchev–Trinajstić information content (AvgIpc) is 2.30. The Morgan fingerprint density at radius 2 is 1.88 bits per heavy atom. The van der Waals surface area contributed by atoms with Gasteiger partial charge < -0.3 is 5.73 Å². The summed E-state index contributed by atoms with van der Waals surface area (Å²) < 4.78 is 12.7. The minimum Gasteiger partial charge on any atom is -0.383 e. The Kier molecular flexibility index (Phi) is 2.64. The molecule has 1 aromatic carbocycles. The average molecular weight is 216 g/mol. The third-order valence-electron chi connectivity index (χ3n) is 2.19. The van der Waals surface area contributed by atoms with E-state index in [9.17, 15) is 9.18 Å². The second kappa shape index (κ2) is 4.10. The Morgan fingerprint density at radius 1 is 1.19 bits per heavy atom. The molecule has 1 aromatic heterocycles. The molecule has 0 spiro atoms. The maximum absolute atomic E-state index is 12.7. The first-order chi connectivity index (χ1) is 7.68. The van der Waals surface area contributed by atoms with Crippen molar-refractivity contribution in [1.29, 1.82) is 0 Å². The van der Waals surface area contributed by atoms with Crippen LogP contribution < -0.4 is 5.73 Å². The predicted octanol–water partition coefficient (Wildman–Crippen LogP) is 2.03. The zero-order valence-electron chi connectivity index (χ0n) is 8.35. The first-order valence-electron chi connectivity index (χ1n) is 4.69. The van der Waals surface area contributed by atoms with Gasteiger partial charge in [-0.15, -0.1) is 0 Å². The number of anilines is 1. The normalized spacial score (nSPS) is 10.1. The van der Waals surface area contributed by atoms with Crippen LogP contribution in [0.15, 0.2) is 42.6 Å². The second-order valence-electron chi connectivity index (χ2n) is 3.27. The summed E-state index contributed by atoms with van der Waals surface area (Å²) in [5.41, 5.74) is 6.30. The number of benzene rings is 1. The lowest BCUT2D eigenvalue weighted by Gasteiger charge is -2.03. The van der Waals surface area contributed by atoms with Gasteiger partial charge in [-0.3, -0.25) is 4.79 Å². The van der Waals surface area contributed by atoms with E-state index < -0.39 is 0 Å². The SMILES string of the molecule is Nc1ncccc1C(=O)c1ccc(F)cc1. The highest BCUT2D eigenvalue weighted by molar-refractivity contribution is 6.11. The molecule has 80 valence electrons. The molecule has 3 nitrogen and oxygen atoms in total. The van der Waals surface area contributed by atoms with Gasteiger partial charge in [0, 0.05) is 11.8 Å². The van der Waals surface area contributed by atoms with E-state index in [0.29, 0.717) is 11.1 Å². The molecule has 1 heterocycles. The second-order valence-corrected chi connectivity index (χ2v) is 3.27. The number of halogens is 1. The molecule has 0 fully saturated rings. The molecule has 0 bridgehead atoms. The van der Waals surface area contributed by atoms with Gasteiger partial charge in [-0.2, -0.15) is 0 Å². The van der Waals surface area contributed by atoms with Gasteiger partial charge in [-0.25, -0.2) is 9.37 Å². The van der Waals surface area contributed by atoms with Crippen LogP contribution in [0.5, 0.6) is 0 Å². The Hall–Kier alpha value is -2.23. The van der Waals surface area contributed by atoms with Crippen LogP contribution >= 0.6 is 0 Å². The number of rotatable bonds is 2. The monoisotopic (exact) mass is 216 g/mol. The Labute approximate surface area is 91.7 Å². The van der Waals surface area contributed by atoms with Crippen molar-refractivity contribution >= 4 is 11.6 Å². The topological polar surface area (TPSA) is 56.0 Å². The van der Waals surface area contributed by atoms with E-state index in [-0.39, 0.29) is 17.4 Å². The molecule has 0 aliphatic heterocycles. The van der Waals surface area contributed by atoms with E-state index in [0.717, 1.165) is 0 Å². The van der Waals surface area contributed by atoms with Crippen LogP contribution in [0.3, 0.4) is 0 Å². The highest BCUT2D eigenvalue weighted by Gasteiger charge is 2.12. The largest absolute Gasteiger partial charge is 0.383 e. The first-order valence-corrected chi connectivity index (χ1v) is 4.69. The number of carbonyl (C=O) groups is 1. The Morgan fingerprint density at radius 3 is 2.50 bits per heavy atom. The summed E-state index contributed by atoms with van der Waals surface area (Å²) in [4.78, 5) is 15.8. The number of aromatic nitrogens is 1. The van der Waals surface area contributed by atoms with E-state index in [1.54, 1.807) is 12.1 Å². The van der Waals surface area contributed by atoms with Gasteiger partial charge >= 0.3 is 0 Å². The molecule has 0 saturated heterocycles. The fraction of sp³-hybridized carbons (Fsp3) is 0. The molecule has 2 aromatic rings. The van der Waals surface area contributed by atoms with Crippen LogP contribution in [0.1, 0.15) is 15.9 Å². The summed E-state index contributed by atoms with van der Waals surface area (Å²) in [6.45, 7) is 0. The van der Waals surface area contributed by atoms with Gasteiger partial charge in [-0.05, 0) is 36.4 Å². The van der Waals surface area contributed by atoms with Gasteiger partial charge in [-0.1, -0.05) is 0 Å². The lowest BCUT2D eigenvalue weighted by Crippen LogP contribution is -2.06. The number of nitrogens with zero attached hydrogens (tertiary/aromatic N) is 1. The van der Waals surface area contributed by atoms with Crippen LogP contribution in [-0.4, -0.2) is 10.8 Å². The molecule has 0 aliphatic carbocycles. The molecule has 16 heavy (non-hydrogen) atoms. The zero-order chi connectivity index (χ0) is 11.5. The van der Waals surface area contributed by atoms with E-state index in [1.165, 1.54) is 30.5 Å². The van der Waals surface area contributed by atoms with Crippen LogP contribution in [0.25, 0.3) is 0 Å². The molecule has 0 aliphatic rings. The quantitative estimate of drug-likeness (QED) is 0.781. The fourth-order valence-corrected chi connectivity index (χ4v) is 1.37. The smallest absolute Gasteiger partial charge is 0.196 e. The number of ketones is 1. The molecule has 2 rings (SSSR count). The van der Waals surface area contributed by atoms with Gasteiger partial charge in [0.15, 0.2) is 5.78 Å². The summed E-state index contributed by atoms with van der Waals surface area (Å²) in [7, 11) is 0. The van der Waals surface area contributed by atoms with E-state index in [2.05, 4.69) is 4.98 Å². The van der Waals surface area contributed by atoms with Crippen LogP contribution in [0, 0.1) is 5.82 Å². The van der Waals surface area contributed by atoms with Crippen molar-refractivity contribution in [2.24, 2.45) is 0 Å². The molecule has 2 N–H and O–H groups in total. The summed E-state index contributed by atoms with van der Waals surface area (Å²) in [5.74, 6) is -0.460. The summed E-state index contributed by atoms with van der Waals surface area (Å²) in [6.07, 6.45) is 1.51. The van der Waals surface area contributed by atoms with Crippen LogP contribution in [-0.2, 0) is 0 Å². The molecular formula is C12H9FN2O. The van der Waals surface area contributed by atoms with Gasteiger partial charge in [0.2, 0.25) is 0 Å². The van der Waals surface area contributed by atoms with Crippen molar-refractivity contribution in [2.45, 2.75) is 0 Å². The lowest BCUT2D eigenvalue weighted by atomic mass is 10.0. The molecule has 0 saturated carbocycles. The highest BCUT2D eigenvalue weighted by atomic mass is 19.1. The number of nitrogen functional groups attached to an aromatic ring is 1. The van der Waals surface area contributed by atoms with Crippen molar-refractivity contribution in [3.05, 3.63) is 59.5 Å². The van der Waals surface area contributed by atoms with E-state index in [4.69, 9.17) is 5.73 Å². The third-order valence-corrected chi connectivity index (χ3v) is 2.19. The summed E-state index contributed by atoms with van der Waals surface area (Å²) in [5, 5.41) is 0. The zero-order valence-corrected chi connectivity index (χ0v) is 8.35. The molecule has 0 radical (unpaired) electrons. The van der Waals surface area contributed by atoms with Crippen LogP contribution in [0.2, 0.25) is 0 Å². The Bertz CT molecular complexity index is 523. The number of hydrogen-bond donors (Lipinski definition) is 1. The molecule has 0 atom stereocenters. The number of hydrogen-bond acceptors (Lipinski definition) is 3. The van der Waals surface area contributed by atoms with E-state index >= 15 is 0 Å². The van der Waals surface area contributed by atoms with Crippen molar-refractivity contribution < 1.29 is 9.18 Å². The maximum Gasteiger partial charge on any atom is 0.196 e. The molecule has 0 unspecified atom stereocenters. The third kappa shape index (κ3) is 1.91. The summed E-state index contributed by atoms with van der Waals surface area (Å²) in [6, 6.07) is 8.54. The lowest BCUT2D eigenvalue weighted by molar-refractivity contribution is 0.103. The highest BCUT2D eigenvalue weighted by Crippen LogP contribution is 2.14. The first kappa shape index (κ1) is 10.3. The standard InChI is InChI=1S/C12H9FN2O/c13-9-5-3-8(4-6-9)11(16)10-2-1-7-15-12(10)14/h1-7H,(H2,14,15). The van der Waals surface area contributed by atoms with Gasteiger partial charge in [0.05, 0.1) is 5.56 Å². The van der Waals surface area contributed by atoms with Crippen molar-refractivity contribution in [2.75, 3.05) is 5.73 Å². The number of nitrogens with two attached hydrogens (primary N) is 1. The van der Waals surface area contributed by atoms with Gasteiger partial charge in [0.25, 0.3) is 0 Å². The number of pyridine rings is 1. The van der Waals surface area contributed by atoms with Crippen molar-refractivity contribution in [3.63, 3.8) is 0 Å². The molecular weight excluding hydrogens is 207 g/mol. The summed E-state index contributed by atoms with van der Waals surface area (Å²) >= 11 is 0. The molecule has 4 heteroatoms. The minimum absolute atomic E-state index is 0.178. The number of carbonyl (C=O) groups excluding carboxylic acids is 1. The van der Waals surface area contributed by atoms with Crippen LogP contribution in [0.4, 0.5) is 10.2 Å². The predicted molar refractivity (Wildman–Crippen MR) is 58.5 cm³/mol. The fourth-order valence-electron chi connectivity index (χ4n) is 1.37. The van der Waals surface area contributed by atoms with Gasteiger partial charge in [0.1, 0.15) is 11.6 Å². The molecule has 0 amide bonds. The van der Waals surface area contributed by atoms with Crippen molar-refractivity contribution in [1.82, 2.24) is 4.98 Å². The Balaban J connectivity index is 2.40.